The number of aryl methyl sites for hydroxylation is 1. The van der Waals surface area contributed by atoms with Crippen LogP contribution in [0.5, 0.6) is 0 Å². The molecule has 0 N–H and O–H groups in total. The Hall–Kier alpha value is -2.82. The monoisotopic (exact) mass is 389 g/mol. The molecule has 2 heterocycles. The average molecular weight is 389 g/mol. The number of anilines is 1. The van der Waals surface area contributed by atoms with Gasteiger partial charge in [0, 0.05) is 25.7 Å². The van der Waals surface area contributed by atoms with Gasteiger partial charge in [-0.25, -0.2) is 0 Å². The molecule has 150 valence electrons. The van der Waals surface area contributed by atoms with Crippen LogP contribution in [0.15, 0.2) is 46.9 Å². The first-order valence-corrected chi connectivity index (χ1v) is 10.6. The van der Waals surface area contributed by atoms with E-state index < -0.39 is 0 Å². The summed E-state index contributed by atoms with van der Waals surface area (Å²) in [4.78, 5) is 21.7. The third-order valence-electron chi connectivity index (χ3n) is 6.13. The highest BCUT2D eigenvalue weighted by molar-refractivity contribution is 5.79. The highest BCUT2D eigenvalue weighted by Gasteiger charge is 2.29. The van der Waals surface area contributed by atoms with E-state index in [1.54, 1.807) is 0 Å². The van der Waals surface area contributed by atoms with Crippen molar-refractivity contribution in [2.45, 2.75) is 45.1 Å². The Labute approximate surface area is 171 Å². The highest BCUT2D eigenvalue weighted by atomic mass is 16.4. The zero-order valence-electron chi connectivity index (χ0n) is 17.1. The number of amides is 1. The molecule has 0 radical (unpaired) electrons. The molecule has 1 saturated heterocycles. The number of benzene rings is 2. The molecule has 5 rings (SSSR count). The van der Waals surface area contributed by atoms with Crippen LogP contribution in [0.4, 0.5) is 6.01 Å². The molecule has 1 saturated carbocycles. The molecule has 0 bridgehead atoms. The van der Waals surface area contributed by atoms with Crippen LogP contribution in [-0.2, 0) is 11.2 Å². The Kier molecular flexibility index (Phi) is 4.53. The number of fused-ring (bicyclic) bond motifs is 1. The molecular weight excluding hydrogens is 362 g/mol. The molecule has 1 aliphatic heterocycles. The van der Waals surface area contributed by atoms with Crippen LogP contribution in [0, 0.1) is 6.92 Å². The molecule has 1 atom stereocenters. The summed E-state index contributed by atoms with van der Waals surface area (Å²) in [5.74, 6) is 0.952. The number of aromatic nitrogens is 1. The van der Waals surface area contributed by atoms with Gasteiger partial charge in [-0.3, -0.25) is 4.79 Å². The van der Waals surface area contributed by atoms with Crippen molar-refractivity contribution < 1.29 is 9.21 Å². The van der Waals surface area contributed by atoms with E-state index >= 15 is 0 Å². The van der Waals surface area contributed by atoms with E-state index in [-0.39, 0.29) is 11.9 Å². The second kappa shape index (κ2) is 7.21. The van der Waals surface area contributed by atoms with E-state index in [1.165, 1.54) is 24.0 Å². The van der Waals surface area contributed by atoms with Crippen molar-refractivity contribution in [2.24, 2.45) is 0 Å². The fourth-order valence-corrected chi connectivity index (χ4v) is 4.26. The number of hydrogen-bond donors (Lipinski definition) is 0. The maximum absolute atomic E-state index is 12.9. The summed E-state index contributed by atoms with van der Waals surface area (Å²) in [5, 5.41) is 0. The minimum absolute atomic E-state index is 0.124. The molecule has 2 aromatic carbocycles. The molecule has 1 aliphatic carbocycles. The van der Waals surface area contributed by atoms with Crippen molar-refractivity contribution in [1.82, 2.24) is 9.88 Å². The topological polar surface area (TPSA) is 49.6 Å². The molecule has 5 heteroatoms. The zero-order chi connectivity index (χ0) is 20.0. The predicted octanol–water partition coefficient (Wildman–Crippen LogP) is 4.29. The molecule has 1 unspecified atom stereocenters. The number of carbonyl (C=O) groups is 1. The van der Waals surface area contributed by atoms with Gasteiger partial charge in [-0.15, -0.1) is 0 Å². The van der Waals surface area contributed by atoms with Gasteiger partial charge in [0.05, 0.1) is 6.42 Å². The largest absolute Gasteiger partial charge is 0.423 e. The smallest absolute Gasteiger partial charge is 0.298 e. The lowest BCUT2D eigenvalue weighted by atomic mass is 10.0. The lowest BCUT2D eigenvalue weighted by Crippen LogP contribution is -2.54. The fourth-order valence-electron chi connectivity index (χ4n) is 4.26. The second-order valence-electron chi connectivity index (χ2n) is 8.54. The van der Waals surface area contributed by atoms with Crippen molar-refractivity contribution in [1.29, 1.82) is 0 Å². The van der Waals surface area contributed by atoms with Crippen LogP contribution in [0.2, 0.25) is 0 Å². The predicted molar refractivity (Wildman–Crippen MR) is 114 cm³/mol. The van der Waals surface area contributed by atoms with Gasteiger partial charge in [-0.05, 0) is 61.4 Å². The molecule has 5 nitrogen and oxygen atoms in total. The van der Waals surface area contributed by atoms with Crippen molar-refractivity contribution >= 4 is 23.0 Å². The average Bonchev–Trinajstić information content (AvgIpc) is 3.47. The van der Waals surface area contributed by atoms with Crippen molar-refractivity contribution in [3.05, 3.63) is 59.2 Å². The van der Waals surface area contributed by atoms with E-state index in [9.17, 15) is 4.79 Å². The zero-order valence-corrected chi connectivity index (χ0v) is 17.1. The quantitative estimate of drug-likeness (QED) is 0.668. The van der Waals surface area contributed by atoms with Crippen molar-refractivity contribution in [3.63, 3.8) is 0 Å². The third kappa shape index (κ3) is 3.74. The molecule has 3 aromatic rings. The van der Waals surface area contributed by atoms with Crippen LogP contribution in [-0.4, -0.2) is 41.5 Å². The molecular formula is C24H27N3O2. The van der Waals surface area contributed by atoms with Gasteiger partial charge < -0.3 is 14.2 Å². The number of hydrogen-bond acceptors (Lipinski definition) is 4. The van der Waals surface area contributed by atoms with Gasteiger partial charge in [0.25, 0.3) is 6.01 Å². The first kappa shape index (κ1) is 18.2. The Bertz CT molecular complexity index is 1040. The Morgan fingerprint density at radius 2 is 1.93 bits per heavy atom. The van der Waals surface area contributed by atoms with Crippen molar-refractivity contribution in [3.8, 4) is 0 Å². The third-order valence-corrected chi connectivity index (χ3v) is 6.13. The van der Waals surface area contributed by atoms with Crippen LogP contribution in [0.1, 0.15) is 42.4 Å². The summed E-state index contributed by atoms with van der Waals surface area (Å²) in [6.07, 6.45) is 3.08. The standard InChI is InChI=1S/C24H27N3O2/c1-16-3-10-22-21(13-16)25-24(29-22)26-11-12-27(17(2)15-26)23(28)14-18-4-6-19(7-5-18)20-8-9-20/h3-7,10,13,17,20H,8-9,11-12,14-15H2,1-2H3. The van der Waals surface area contributed by atoms with E-state index in [0.717, 1.165) is 35.7 Å². The van der Waals surface area contributed by atoms with Crippen LogP contribution in [0.25, 0.3) is 11.1 Å². The fraction of sp³-hybridized carbons (Fsp3) is 0.417. The van der Waals surface area contributed by atoms with E-state index in [1.807, 2.05) is 23.1 Å². The summed E-state index contributed by atoms with van der Waals surface area (Å²) < 4.78 is 5.95. The summed E-state index contributed by atoms with van der Waals surface area (Å²) in [5.41, 5.74) is 5.39. The first-order chi connectivity index (χ1) is 14.1. The van der Waals surface area contributed by atoms with Crippen molar-refractivity contribution in [2.75, 3.05) is 24.5 Å². The van der Waals surface area contributed by atoms with Gasteiger partial charge in [0.1, 0.15) is 5.52 Å². The Balaban J connectivity index is 1.23. The first-order valence-electron chi connectivity index (χ1n) is 10.6. The van der Waals surface area contributed by atoms with E-state index in [4.69, 9.17) is 4.42 Å². The van der Waals surface area contributed by atoms with Gasteiger partial charge in [-0.2, -0.15) is 4.98 Å². The molecule has 2 aliphatic rings. The summed E-state index contributed by atoms with van der Waals surface area (Å²) in [7, 11) is 0. The molecule has 2 fully saturated rings. The summed E-state index contributed by atoms with van der Waals surface area (Å²) in [6, 6.07) is 15.4. The number of nitrogens with zero attached hydrogens (tertiary/aromatic N) is 3. The van der Waals surface area contributed by atoms with Gasteiger partial charge >= 0.3 is 0 Å². The summed E-state index contributed by atoms with van der Waals surface area (Å²) in [6.45, 7) is 6.32. The SMILES string of the molecule is Cc1ccc2oc(N3CCN(C(=O)Cc4ccc(C5CC5)cc4)C(C)C3)nc2c1. The normalized spacial score (nSPS) is 19.7. The van der Waals surface area contributed by atoms with E-state index in [2.05, 4.69) is 48.0 Å². The number of piperazine rings is 1. The Morgan fingerprint density at radius 1 is 1.14 bits per heavy atom. The van der Waals surface area contributed by atoms with Gasteiger partial charge in [-0.1, -0.05) is 30.3 Å². The molecule has 29 heavy (non-hydrogen) atoms. The van der Waals surface area contributed by atoms with Crippen LogP contribution >= 0.6 is 0 Å². The number of oxazole rings is 1. The molecule has 1 aromatic heterocycles. The second-order valence-corrected chi connectivity index (χ2v) is 8.54. The maximum Gasteiger partial charge on any atom is 0.298 e. The minimum Gasteiger partial charge on any atom is -0.423 e. The molecule has 1 amide bonds. The Morgan fingerprint density at radius 3 is 2.66 bits per heavy atom. The lowest BCUT2D eigenvalue weighted by Gasteiger charge is -2.39. The number of carbonyl (C=O) groups excluding carboxylic acids is 1. The van der Waals surface area contributed by atoms with Gasteiger partial charge in [0.15, 0.2) is 5.58 Å². The number of rotatable bonds is 4. The maximum atomic E-state index is 12.9. The van der Waals surface area contributed by atoms with Crippen LogP contribution < -0.4 is 4.90 Å². The highest BCUT2D eigenvalue weighted by Crippen LogP contribution is 2.39. The molecule has 0 spiro atoms. The minimum atomic E-state index is 0.124. The summed E-state index contributed by atoms with van der Waals surface area (Å²) >= 11 is 0. The van der Waals surface area contributed by atoms with Crippen LogP contribution in [0.3, 0.4) is 0 Å². The van der Waals surface area contributed by atoms with E-state index in [0.29, 0.717) is 19.0 Å². The van der Waals surface area contributed by atoms with Gasteiger partial charge in [0.2, 0.25) is 5.91 Å². The lowest BCUT2D eigenvalue weighted by molar-refractivity contribution is -0.132.